The average molecular weight is 247 g/mol. The molecule has 1 unspecified atom stereocenters. The van der Waals surface area contributed by atoms with E-state index in [0.717, 1.165) is 11.4 Å². The number of aromatic amines is 1. The van der Waals surface area contributed by atoms with Gasteiger partial charge in [0.1, 0.15) is 0 Å². The number of nitrogens with zero attached hydrogens (tertiary/aromatic N) is 3. The normalized spacial score (nSPS) is 17.9. The summed E-state index contributed by atoms with van der Waals surface area (Å²) in [6, 6.07) is 1.85. The zero-order valence-corrected chi connectivity index (χ0v) is 10.4. The summed E-state index contributed by atoms with van der Waals surface area (Å²) < 4.78 is 0. The van der Waals surface area contributed by atoms with Crippen molar-refractivity contribution in [1.29, 1.82) is 5.26 Å². The Morgan fingerprint density at radius 1 is 1.72 bits per heavy atom. The Morgan fingerprint density at radius 2 is 2.56 bits per heavy atom. The molecule has 0 bridgehead atoms. The molecule has 2 N–H and O–H groups in total. The number of likely N-dealkylation sites (N-methyl/N-ethyl adjacent to an activating group) is 1. The van der Waals surface area contributed by atoms with Gasteiger partial charge in [-0.05, 0) is 6.92 Å². The number of carbonyl (C=O) groups excluding carboxylic acids is 1. The zero-order valence-electron chi connectivity index (χ0n) is 10.4. The van der Waals surface area contributed by atoms with Crippen LogP contribution in [0.25, 0.3) is 0 Å². The van der Waals surface area contributed by atoms with Gasteiger partial charge in [-0.25, -0.2) is 4.98 Å². The summed E-state index contributed by atoms with van der Waals surface area (Å²) in [5.41, 5.74) is 2.02. The predicted molar refractivity (Wildman–Crippen MR) is 65.4 cm³/mol. The van der Waals surface area contributed by atoms with Crippen LogP contribution in [-0.4, -0.2) is 39.9 Å². The number of aromatic nitrogens is 2. The van der Waals surface area contributed by atoms with Gasteiger partial charge in [-0.3, -0.25) is 10.1 Å². The van der Waals surface area contributed by atoms with E-state index in [1.165, 1.54) is 0 Å². The van der Waals surface area contributed by atoms with Crippen molar-refractivity contribution in [1.82, 2.24) is 20.2 Å². The van der Waals surface area contributed by atoms with Crippen LogP contribution in [-0.2, 0) is 17.8 Å². The number of fused-ring (bicyclic) bond motifs is 1. The predicted octanol–water partition coefficient (Wildman–Crippen LogP) is 0.186. The summed E-state index contributed by atoms with van der Waals surface area (Å²) in [6.07, 6.45) is 2.65. The summed E-state index contributed by atoms with van der Waals surface area (Å²) in [7, 11) is 0. The van der Waals surface area contributed by atoms with E-state index in [4.69, 9.17) is 5.26 Å². The first-order valence-electron chi connectivity index (χ1n) is 6.16. The van der Waals surface area contributed by atoms with Crippen LogP contribution in [0.3, 0.4) is 0 Å². The van der Waals surface area contributed by atoms with Crippen LogP contribution < -0.4 is 5.32 Å². The van der Waals surface area contributed by atoms with Crippen molar-refractivity contribution in [3.05, 3.63) is 17.7 Å². The Kier molecular flexibility index (Phi) is 3.95. The number of hydrogen-bond donors (Lipinski definition) is 2. The van der Waals surface area contributed by atoms with Crippen molar-refractivity contribution in [3.63, 3.8) is 0 Å². The Balaban J connectivity index is 2.00. The Morgan fingerprint density at radius 3 is 3.28 bits per heavy atom. The first-order chi connectivity index (χ1) is 8.76. The fourth-order valence-electron chi connectivity index (χ4n) is 2.17. The lowest BCUT2D eigenvalue weighted by molar-refractivity contribution is -0.133. The van der Waals surface area contributed by atoms with Crippen molar-refractivity contribution in [2.24, 2.45) is 0 Å². The Hall–Kier alpha value is -1.87. The van der Waals surface area contributed by atoms with E-state index in [2.05, 4.69) is 21.4 Å². The molecule has 0 saturated carbocycles. The van der Waals surface area contributed by atoms with Crippen molar-refractivity contribution >= 4 is 5.91 Å². The van der Waals surface area contributed by atoms with E-state index in [0.29, 0.717) is 32.5 Å². The van der Waals surface area contributed by atoms with E-state index >= 15 is 0 Å². The van der Waals surface area contributed by atoms with E-state index in [1.54, 1.807) is 11.2 Å². The van der Waals surface area contributed by atoms with Gasteiger partial charge in [0.05, 0.1) is 36.2 Å². The molecule has 1 aliphatic heterocycles. The molecule has 6 nitrogen and oxygen atoms in total. The average Bonchev–Trinajstić information content (AvgIpc) is 2.86. The van der Waals surface area contributed by atoms with Crippen LogP contribution in [0.2, 0.25) is 0 Å². The van der Waals surface area contributed by atoms with Gasteiger partial charge in [0.15, 0.2) is 0 Å². The highest BCUT2D eigenvalue weighted by Crippen LogP contribution is 2.13. The molecule has 1 aliphatic rings. The molecule has 1 aromatic rings. The smallest absolute Gasteiger partial charge is 0.240 e. The zero-order chi connectivity index (χ0) is 13.0. The summed E-state index contributed by atoms with van der Waals surface area (Å²) in [6.45, 7) is 3.70. The number of H-pyrrole nitrogens is 1. The number of carbonyl (C=O) groups is 1. The summed E-state index contributed by atoms with van der Waals surface area (Å²) in [4.78, 5) is 21.3. The molecule has 1 aromatic heterocycles. The molecule has 1 atom stereocenters. The van der Waals surface area contributed by atoms with Gasteiger partial charge in [-0.1, -0.05) is 0 Å². The number of hydrogen-bond acceptors (Lipinski definition) is 4. The van der Waals surface area contributed by atoms with Gasteiger partial charge < -0.3 is 9.88 Å². The van der Waals surface area contributed by atoms with Gasteiger partial charge >= 0.3 is 0 Å². The first-order valence-corrected chi connectivity index (χ1v) is 6.16. The monoisotopic (exact) mass is 247 g/mol. The molecule has 6 heteroatoms. The second kappa shape index (κ2) is 5.65. The molecule has 0 radical (unpaired) electrons. The maximum atomic E-state index is 12.3. The number of nitrogens with one attached hydrogen (secondary N) is 2. The maximum absolute atomic E-state index is 12.3. The molecule has 1 amide bonds. The van der Waals surface area contributed by atoms with E-state index < -0.39 is 0 Å². The fraction of sp³-hybridized carbons (Fsp3) is 0.583. The second-order valence-electron chi connectivity index (χ2n) is 4.29. The second-order valence-corrected chi connectivity index (χ2v) is 4.29. The van der Waals surface area contributed by atoms with Gasteiger partial charge in [0, 0.05) is 26.1 Å². The molecule has 96 valence electrons. The van der Waals surface area contributed by atoms with Gasteiger partial charge in [-0.2, -0.15) is 5.26 Å². The van der Waals surface area contributed by atoms with Gasteiger partial charge in [0.25, 0.3) is 0 Å². The summed E-state index contributed by atoms with van der Waals surface area (Å²) >= 11 is 0. The molecule has 0 aromatic carbocycles. The van der Waals surface area contributed by atoms with Crippen LogP contribution in [0.4, 0.5) is 0 Å². The number of amides is 1. The fourth-order valence-corrected chi connectivity index (χ4v) is 2.17. The third-order valence-corrected chi connectivity index (χ3v) is 3.22. The minimum atomic E-state index is -0.223. The van der Waals surface area contributed by atoms with Gasteiger partial charge in [-0.15, -0.1) is 0 Å². The molecule has 0 aliphatic carbocycles. The summed E-state index contributed by atoms with van der Waals surface area (Å²) in [5, 5.41) is 11.8. The standard InChI is InChI=1S/C12H17N5O/c1-2-17(5-3-4-13)12(18)10-6-9-11(7-14-10)16-8-15-9/h8,10,14H,2-3,5-7H2,1H3,(H,15,16). The highest BCUT2D eigenvalue weighted by Gasteiger charge is 2.28. The minimum absolute atomic E-state index is 0.0569. The molecule has 18 heavy (non-hydrogen) atoms. The molecule has 0 spiro atoms. The third-order valence-electron chi connectivity index (χ3n) is 3.22. The highest BCUT2D eigenvalue weighted by molar-refractivity contribution is 5.82. The highest BCUT2D eigenvalue weighted by atomic mass is 16.2. The number of imidazole rings is 1. The van der Waals surface area contributed by atoms with E-state index in [-0.39, 0.29) is 11.9 Å². The number of rotatable bonds is 4. The molecule has 0 fully saturated rings. The lowest BCUT2D eigenvalue weighted by Crippen LogP contribution is -2.49. The van der Waals surface area contributed by atoms with Crippen molar-refractivity contribution in [3.8, 4) is 6.07 Å². The molecule has 2 rings (SSSR count). The SMILES string of the molecule is CCN(CCC#N)C(=O)C1Cc2nc[nH]c2CN1. The lowest BCUT2D eigenvalue weighted by atomic mass is 10.0. The van der Waals surface area contributed by atoms with Crippen LogP contribution >= 0.6 is 0 Å². The van der Waals surface area contributed by atoms with Crippen LogP contribution in [0.5, 0.6) is 0 Å². The molecule has 2 heterocycles. The lowest BCUT2D eigenvalue weighted by Gasteiger charge is -2.28. The van der Waals surface area contributed by atoms with Crippen LogP contribution in [0.1, 0.15) is 24.7 Å². The molecule has 0 saturated heterocycles. The number of nitriles is 1. The topological polar surface area (TPSA) is 84.8 Å². The quantitative estimate of drug-likeness (QED) is 0.795. The van der Waals surface area contributed by atoms with Crippen LogP contribution in [0.15, 0.2) is 6.33 Å². The summed E-state index contributed by atoms with van der Waals surface area (Å²) in [5.74, 6) is 0.0569. The largest absolute Gasteiger partial charge is 0.347 e. The minimum Gasteiger partial charge on any atom is -0.347 e. The first kappa shape index (κ1) is 12.6. The Bertz CT molecular complexity index is 461. The van der Waals surface area contributed by atoms with Crippen molar-refractivity contribution in [2.45, 2.75) is 32.4 Å². The maximum Gasteiger partial charge on any atom is 0.240 e. The third kappa shape index (κ3) is 2.51. The molecular formula is C12H17N5O. The van der Waals surface area contributed by atoms with Gasteiger partial charge in [0.2, 0.25) is 5.91 Å². The van der Waals surface area contributed by atoms with E-state index in [9.17, 15) is 4.79 Å². The molecular weight excluding hydrogens is 230 g/mol. The van der Waals surface area contributed by atoms with E-state index in [1.807, 2.05) is 6.92 Å². The van der Waals surface area contributed by atoms with Crippen molar-refractivity contribution < 1.29 is 4.79 Å². The van der Waals surface area contributed by atoms with Crippen LogP contribution in [0, 0.1) is 11.3 Å². The Labute approximate surface area is 106 Å². The van der Waals surface area contributed by atoms with Crippen molar-refractivity contribution in [2.75, 3.05) is 13.1 Å².